The van der Waals surface area contributed by atoms with Gasteiger partial charge >= 0.3 is 0 Å². The third-order valence-electron chi connectivity index (χ3n) is 3.08. The van der Waals surface area contributed by atoms with E-state index in [9.17, 15) is 4.39 Å². The molecule has 0 bridgehead atoms. The van der Waals surface area contributed by atoms with E-state index in [4.69, 9.17) is 18.9 Å². The van der Waals surface area contributed by atoms with Gasteiger partial charge in [0.1, 0.15) is 11.4 Å². The van der Waals surface area contributed by atoms with Gasteiger partial charge < -0.3 is 18.9 Å². The minimum absolute atomic E-state index is 0.0968. The van der Waals surface area contributed by atoms with Crippen LogP contribution in [0.3, 0.4) is 0 Å². The van der Waals surface area contributed by atoms with Crippen LogP contribution in [0.4, 0.5) is 15.8 Å². The SMILES string of the molecule is COc1ccc(N=Nc2cc(OC)c(OC)c(OC)c2)c(F)c1. The summed E-state index contributed by atoms with van der Waals surface area (Å²) in [5.41, 5.74) is 0.536. The van der Waals surface area contributed by atoms with Crippen LogP contribution in [0.15, 0.2) is 40.6 Å². The second-order valence-corrected chi connectivity index (χ2v) is 4.40. The molecular formula is C16H17FN2O4. The van der Waals surface area contributed by atoms with Crippen LogP contribution in [-0.4, -0.2) is 28.4 Å². The fraction of sp³-hybridized carbons (Fsp3) is 0.250. The van der Waals surface area contributed by atoms with Crippen LogP contribution < -0.4 is 18.9 Å². The Hall–Kier alpha value is -2.83. The smallest absolute Gasteiger partial charge is 0.203 e. The molecule has 122 valence electrons. The van der Waals surface area contributed by atoms with Gasteiger partial charge in [-0.25, -0.2) is 4.39 Å². The number of methoxy groups -OCH3 is 4. The van der Waals surface area contributed by atoms with E-state index in [2.05, 4.69) is 10.2 Å². The van der Waals surface area contributed by atoms with Crippen LogP contribution in [-0.2, 0) is 0 Å². The molecule has 2 aromatic carbocycles. The van der Waals surface area contributed by atoms with E-state index in [1.165, 1.54) is 40.6 Å². The molecule has 2 aromatic rings. The second-order valence-electron chi connectivity index (χ2n) is 4.40. The number of nitrogens with zero attached hydrogens (tertiary/aromatic N) is 2. The van der Waals surface area contributed by atoms with Crippen LogP contribution in [0.5, 0.6) is 23.0 Å². The van der Waals surface area contributed by atoms with Gasteiger partial charge in [0.2, 0.25) is 5.75 Å². The molecule has 0 aliphatic rings. The van der Waals surface area contributed by atoms with Gasteiger partial charge in [-0.2, -0.15) is 5.11 Å². The highest BCUT2D eigenvalue weighted by atomic mass is 19.1. The Morgan fingerprint density at radius 3 is 1.91 bits per heavy atom. The number of halogens is 1. The Morgan fingerprint density at radius 1 is 0.783 bits per heavy atom. The quantitative estimate of drug-likeness (QED) is 0.745. The molecule has 7 heteroatoms. The standard InChI is InChI=1S/C16H17FN2O4/c1-20-11-5-6-13(12(17)9-11)19-18-10-7-14(21-2)16(23-4)15(8-10)22-3/h5-9H,1-4H3. The molecule has 0 radical (unpaired) electrons. The third-order valence-corrected chi connectivity index (χ3v) is 3.08. The summed E-state index contributed by atoms with van der Waals surface area (Å²) in [4.78, 5) is 0. The zero-order chi connectivity index (χ0) is 16.8. The molecule has 0 atom stereocenters. The largest absolute Gasteiger partial charge is 0.497 e. The van der Waals surface area contributed by atoms with Gasteiger partial charge in [0.25, 0.3) is 0 Å². The number of rotatable bonds is 6. The molecule has 0 saturated carbocycles. The first-order valence-corrected chi connectivity index (χ1v) is 6.68. The predicted octanol–water partition coefficient (Wildman–Crippen LogP) is 4.28. The summed E-state index contributed by atoms with van der Waals surface area (Å²) in [5, 5.41) is 7.91. The van der Waals surface area contributed by atoms with Crippen molar-refractivity contribution in [3.8, 4) is 23.0 Å². The maximum Gasteiger partial charge on any atom is 0.203 e. The summed E-state index contributed by atoms with van der Waals surface area (Å²) in [5.74, 6) is 1.21. The van der Waals surface area contributed by atoms with Crippen molar-refractivity contribution in [2.75, 3.05) is 28.4 Å². The summed E-state index contributed by atoms with van der Waals surface area (Å²) in [7, 11) is 5.98. The molecule has 0 fully saturated rings. The summed E-state index contributed by atoms with van der Waals surface area (Å²) in [6.45, 7) is 0. The van der Waals surface area contributed by atoms with Crippen LogP contribution in [0.25, 0.3) is 0 Å². The van der Waals surface area contributed by atoms with Crippen molar-refractivity contribution < 1.29 is 23.3 Å². The number of hydrogen-bond acceptors (Lipinski definition) is 6. The van der Waals surface area contributed by atoms with Crippen molar-refractivity contribution in [2.45, 2.75) is 0 Å². The van der Waals surface area contributed by atoms with Gasteiger partial charge in [0.15, 0.2) is 17.3 Å². The molecule has 6 nitrogen and oxygen atoms in total. The molecule has 23 heavy (non-hydrogen) atoms. The Balaban J connectivity index is 2.36. The zero-order valence-corrected chi connectivity index (χ0v) is 13.3. The Morgan fingerprint density at radius 2 is 1.43 bits per heavy atom. The van der Waals surface area contributed by atoms with E-state index >= 15 is 0 Å². The van der Waals surface area contributed by atoms with Crippen molar-refractivity contribution in [3.05, 3.63) is 36.1 Å². The highest BCUT2D eigenvalue weighted by molar-refractivity contribution is 5.60. The highest BCUT2D eigenvalue weighted by Gasteiger charge is 2.13. The van der Waals surface area contributed by atoms with Crippen LogP contribution in [0.2, 0.25) is 0 Å². The minimum Gasteiger partial charge on any atom is -0.497 e. The van der Waals surface area contributed by atoms with Crippen molar-refractivity contribution in [1.82, 2.24) is 0 Å². The zero-order valence-electron chi connectivity index (χ0n) is 13.3. The van der Waals surface area contributed by atoms with Gasteiger partial charge in [0.05, 0.1) is 34.1 Å². The Bertz CT molecular complexity index is 694. The molecule has 0 heterocycles. The average molecular weight is 320 g/mol. The van der Waals surface area contributed by atoms with Crippen molar-refractivity contribution in [3.63, 3.8) is 0 Å². The lowest BCUT2D eigenvalue weighted by atomic mass is 10.2. The topological polar surface area (TPSA) is 61.6 Å². The number of azo groups is 1. The molecular weight excluding hydrogens is 303 g/mol. The summed E-state index contributed by atoms with van der Waals surface area (Å²) >= 11 is 0. The van der Waals surface area contributed by atoms with Gasteiger partial charge in [-0.15, -0.1) is 5.11 Å². The molecule has 0 aromatic heterocycles. The van der Waals surface area contributed by atoms with Crippen molar-refractivity contribution in [1.29, 1.82) is 0 Å². The van der Waals surface area contributed by atoms with Gasteiger partial charge in [-0.1, -0.05) is 0 Å². The summed E-state index contributed by atoms with van der Waals surface area (Å²) in [6.07, 6.45) is 0. The van der Waals surface area contributed by atoms with E-state index in [-0.39, 0.29) is 5.69 Å². The molecule has 0 aliphatic carbocycles. The van der Waals surface area contributed by atoms with E-state index in [1.807, 2.05) is 0 Å². The normalized spacial score (nSPS) is 10.7. The van der Waals surface area contributed by atoms with Gasteiger partial charge in [-0.3, -0.25) is 0 Å². The lowest BCUT2D eigenvalue weighted by molar-refractivity contribution is 0.324. The molecule has 0 N–H and O–H groups in total. The van der Waals surface area contributed by atoms with E-state index < -0.39 is 5.82 Å². The third kappa shape index (κ3) is 3.68. The van der Waals surface area contributed by atoms with Crippen LogP contribution in [0, 0.1) is 5.82 Å². The van der Waals surface area contributed by atoms with Crippen LogP contribution >= 0.6 is 0 Å². The van der Waals surface area contributed by atoms with Crippen molar-refractivity contribution in [2.24, 2.45) is 10.2 Å². The maximum absolute atomic E-state index is 13.8. The molecule has 0 spiro atoms. The fourth-order valence-corrected chi connectivity index (χ4v) is 1.93. The van der Waals surface area contributed by atoms with Crippen LogP contribution in [0.1, 0.15) is 0 Å². The predicted molar refractivity (Wildman–Crippen MR) is 83.2 cm³/mol. The van der Waals surface area contributed by atoms with Gasteiger partial charge in [0, 0.05) is 18.2 Å². The molecule has 0 amide bonds. The highest BCUT2D eigenvalue weighted by Crippen LogP contribution is 2.41. The van der Waals surface area contributed by atoms with E-state index in [0.717, 1.165) is 0 Å². The van der Waals surface area contributed by atoms with E-state index in [0.29, 0.717) is 28.7 Å². The number of hydrogen-bond donors (Lipinski definition) is 0. The Kier molecular flexibility index (Phi) is 5.35. The monoisotopic (exact) mass is 320 g/mol. The molecule has 2 rings (SSSR count). The minimum atomic E-state index is -0.527. The second kappa shape index (κ2) is 7.44. The van der Waals surface area contributed by atoms with Gasteiger partial charge in [-0.05, 0) is 12.1 Å². The maximum atomic E-state index is 13.8. The fourth-order valence-electron chi connectivity index (χ4n) is 1.93. The van der Waals surface area contributed by atoms with Crippen molar-refractivity contribution >= 4 is 11.4 Å². The molecule has 0 unspecified atom stereocenters. The van der Waals surface area contributed by atoms with E-state index in [1.54, 1.807) is 18.2 Å². The molecule has 0 saturated heterocycles. The molecule has 0 aliphatic heterocycles. The first-order valence-electron chi connectivity index (χ1n) is 6.68. The first kappa shape index (κ1) is 16.5. The summed E-state index contributed by atoms with van der Waals surface area (Å²) < 4.78 is 34.5. The lowest BCUT2D eigenvalue weighted by Crippen LogP contribution is -1.94. The number of benzene rings is 2. The first-order chi connectivity index (χ1) is 11.1. The Labute approximate surface area is 133 Å². The summed E-state index contributed by atoms with van der Waals surface area (Å²) in [6, 6.07) is 7.56. The average Bonchev–Trinajstić information content (AvgIpc) is 2.59. The number of ether oxygens (including phenoxy) is 4. The lowest BCUT2D eigenvalue weighted by Gasteiger charge is -2.12.